The molecule has 1 amide bonds. The van der Waals surface area contributed by atoms with Crippen LogP contribution in [0.3, 0.4) is 0 Å². The summed E-state index contributed by atoms with van der Waals surface area (Å²) in [5, 5.41) is 0. The number of hydrogen-bond acceptors (Lipinski definition) is 4. The van der Waals surface area contributed by atoms with Gasteiger partial charge in [0.25, 0.3) is 0 Å². The quantitative estimate of drug-likeness (QED) is 0.703. The number of carbonyl (C=O) groups is 1. The fraction of sp³-hybridized carbons (Fsp3) is 0.458. The first-order valence-electron chi connectivity index (χ1n) is 10.7. The Kier molecular flexibility index (Phi) is 6.83. The van der Waals surface area contributed by atoms with Gasteiger partial charge in [0.1, 0.15) is 36.7 Å². The van der Waals surface area contributed by atoms with E-state index in [4.69, 9.17) is 9.47 Å². The van der Waals surface area contributed by atoms with E-state index in [2.05, 4.69) is 4.90 Å². The molecule has 0 aliphatic carbocycles. The van der Waals surface area contributed by atoms with Crippen LogP contribution in [0.5, 0.6) is 5.75 Å². The zero-order valence-electron chi connectivity index (χ0n) is 17.7. The molecule has 2 heterocycles. The molecule has 2 aromatic carbocycles. The predicted octanol–water partition coefficient (Wildman–Crippen LogP) is 3.54. The van der Waals surface area contributed by atoms with Crippen molar-refractivity contribution in [2.75, 3.05) is 32.8 Å². The van der Waals surface area contributed by atoms with E-state index < -0.39 is 0 Å². The molecule has 0 spiro atoms. The van der Waals surface area contributed by atoms with E-state index in [0.717, 1.165) is 43.6 Å². The molecule has 166 valence electrons. The van der Waals surface area contributed by atoms with Gasteiger partial charge >= 0.3 is 0 Å². The van der Waals surface area contributed by atoms with Crippen LogP contribution in [-0.2, 0) is 16.1 Å². The minimum Gasteiger partial charge on any atom is -0.491 e. The molecule has 0 radical (unpaired) electrons. The average molecular weight is 430 g/mol. The molecule has 2 aromatic rings. The molecule has 31 heavy (non-hydrogen) atoms. The van der Waals surface area contributed by atoms with Gasteiger partial charge in [-0.1, -0.05) is 6.07 Å². The van der Waals surface area contributed by atoms with Crippen molar-refractivity contribution < 1.29 is 23.0 Å². The maximum Gasteiger partial charge on any atom is 0.248 e. The molecule has 0 aromatic heterocycles. The van der Waals surface area contributed by atoms with E-state index >= 15 is 0 Å². The third-order valence-electron chi connectivity index (χ3n) is 6.12. The van der Waals surface area contributed by atoms with E-state index in [1.54, 1.807) is 18.2 Å². The first-order chi connectivity index (χ1) is 15.0. The lowest BCUT2D eigenvalue weighted by atomic mass is 10.0. The minimum absolute atomic E-state index is 0.0115. The Morgan fingerprint density at radius 3 is 2.52 bits per heavy atom. The lowest BCUT2D eigenvalue weighted by Crippen LogP contribution is -2.55. The van der Waals surface area contributed by atoms with Crippen LogP contribution in [0.2, 0.25) is 0 Å². The van der Waals surface area contributed by atoms with E-state index in [1.807, 2.05) is 17.9 Å². The van der Waals surface area contributed by atoms with E-state index in [1.165, 1.54) is 18.2 Å². The second kappa shape index (κ2) is 9.75. The predicted molar refractivity (Wildman–Crippen MR) is 113 cm³/mol. The Morgan fingerprint density at radius 1 is 1.06 bits per heavy atom. The number of piperidine rings is 1. The van der Waals surface area contributed by atoms with Gasteiger partial charge < -0.3 is 14.4 Å². The molecule has 0 saturated carbocycles. The Hall–Kier alpha value is -2.51. The topological polar surface area (TPSA) is 42.0 Å². The molecule has 1 atom stereocenters. The highest BCUT2D eigenvalue weighted by Gasteiger charge is 2.33. The van der Waals surface area contributed by atoms with Crippen LogP contribution in [-0.4, -0.2) is 60.7 Å². The highest BCUT2D eigenvalue weighted by Crippen LogP contribution is 2.23. The van der Waals surface area contributed by atoms with Gasteiger partial charge in [0.05, 0.1) is 6.54 Å². The Labute approximate surface area is 181 Å². The van der Waals surface area contributed by atoms with Gasteiger partial charge in [0.2, 0.25) is 5.91 Å². The number of likely N-dealkylation sites (tertiary alicyclic amines) is 1. The molecule has 1 unspecified atom stereocenters. The maximum atomic E-state index is 13.6. The monoisotopic (exact) mass is 430 g/mol. The minimum atomic E-state index is -0.308. The molecule has 0 bridgehead atoms. The SMILES string of the molecule is Cc1ccc(F)cc1CN1CCC(N2CC(COc3ccc(F)cc3)OCC2=O)CC1. The van der Waals surface area contributed by atoms with Crippen molar-refractivity contribution in [3.63, 3.8) is 0 Å². The summed E-state index contributed by atoms with van der Waals surface area (Å²) in [6, 6.07) is 11.0. The number of ether oxygens (including phenoxy) is 2. The number of aryl methyl sites for hydroxylation is 1. The molecule has 5 nitrogen and oxygen atoms in total. The summed E-state index contributed by atoms with van der Waals surface area (Å²) < 4.78 is 38.0. The summed E-state index contributed by atoms with van der Waals surface area (Å²) in [6.07, 6.45) is 1.55. The van der Waals surface area contributed by atoms with Gasteiger partial charge in [-0.05, 0) is 67.3 Å². The fourth-order valence-corrected chi connectivity index (χ4v) is 4.26. The second-order valence-electron chi connectivity index (χ2n) is 8.32. The van der Waals surface area contributed by atoms with Crippen molar-refractivity contribution in [1.82, 2.24) is 9.80 Å². The lowest BCUT2D eigenvalue weighted by Gasteiger charge is -2.42. The summed E-state index contributed by atoms with van der Waals surface area (Å²) in [5.74, 6) is 0.0760. The van der Waals surface area contributed by atoms with Gasteiger partial charge in [0, 0.05) is 25.7 Å². The van der Waals surface area contributed by atoms with Crippen LogP contribution in [0.25, 0.3) is 0 Å². The molecule has 2 aliphatic heterocycles. The molecule has 2 fully saturated rings. The number of hydrogen-bond donors (Lipinski definition) is 0. The van der Waals surface area contributed by atoms with Crippen molar-refractivity contribution >= 4 is 5.91 Å². The first-order valence-corrected chi connectivity index (χ1v) is 10.7. The zero-order valence-corrected chi connectivity index (χ0v) is 17.7. The largest absolute Gasteiger partial charge is 0.491 e. The lowest BCUT2D eigenvalue weighted by molar-refractivity contribution is -0.155. The van der Waals surface area contributed by atoms with Crippen LogP contribution in [0.15, 0.2) is 42.5 Å². The van der Waals surface area contributed by atoms with Crippen LogP contribution >= 0.6 is 0 Å². The summed E-state index contributed by atoms with van der Waals surface area (Å²) in [6.45, 7) is 5.31. The summed E-state index contributed by atoms with van der Waals surface area (Å²) >= 11 is 0. The number of benzene rings is 2. The van der Waals surface area contributed by atoms with Crippen molar-refractivity contribution in [3.05, 3.63) is 65.2 Å². The van der Waals surface area contributed by atoms with Crippen molar-refractivity contribution in [3.8, 4) is 5.75 Å². The van der Waals surface area contributed by atoms with E-state index in [9.17, 15) is 13.6 Å². The Balaban J connectivity index is 1.28. The molecule has 4 rings (SSSR count). The van der Waals surface area contributed by atoms with Gasteiger partial charge in [-0.3, -0.25) is 9.69 Å². The normalized spacial score (nSPS) is 20.8. The van der Waals surface area contributed by atoms with Gasteiger partial charge in [-0.25, -0.2) is 8.78 Å². The Bertz CT molecular complexity index is 898. The molecular weight excluding hydrogens is 402 g/mol. The van der Waals surface area contributed by atoms with Crippen molar-refractivity contribution in [2.24, 2.45) is 0 Å². The van der Waals surface area contributed by atoms with Gasteiger partial charge in [-0.2, -0.15) is 0 Å². The van der Waals surface area contributed by atoms with Crippen LogP contribution in [0.4, 0.5) is 8.78 Å². The third-order valence-corrected chi connectivity index (χ3v) is 6.12. The Morgan fingerprint density at radius 2 is 1.77 bits per heavy atom. The van der Waals surface area contributed by atoms with E-state index in [-0.39, 0.29) is 36.3 Å². The highest BCUT2D eigenvalue weighted by atomic mass is 19.1. The molecule has 0 N–H and O–H groups in total. The maximum absolute atomic E-state index is 13.6. The summed E-state index contributed by atoms with van der Waals surface area (Å²) in [7, 11) is 0. The number of morpholine rings is 1. The second-order valence-corrected chi connectivity index (χ2v) is 8.32. The number of carbonyl (C=O) groups excluding carboxylic acids is 1. The number of rotatable bonds is 6. The molecular formula is C24H28F2N2O3. The van der Waals surface area contributed by atoms with Gasteiger partial charge in [-0.15, -0.1) is 0 Å². The smallest absolute Gasteiger partial charge is 0.248 e. The number of halogens is 2. The fourth-order valence-electron chi connectivity index (χ4n) is 4.26. The number of amides is 1. The standard InChI is InChI=1S/C24H28F2N2O3/c1-17-2-3-20(26)12-18(17)13-27-10-8-21(9-11-27)28-14-23(31-16-24(28)29)15-30-22-6-4-19(25)5-7-22/h2-7,12,21,23H,8-11,13-16H2,1H3. The van der Waals surface area contributed by atoms with Gasteiger partial charge in [0.15, 0.2) is 0 Å². The van der Waals surface area contributed by atoms with E-state index in [0.29, 0.717) is 18.9 Å². The van der Waals surface area contributed by atoms with Crippen LogP contribution < -0.4 is 4.74 Å². The molecule has 2 aliphatic rings. The third kappa shape index (κ3) is 5.60. The molecule has 2 saturated heterocycles. The zero-order chi connectivity index (χ0) is 21.8. The van der Waals surface area contributed by atoms with Crippen LogP contribution in [0.1, 0.15) is 24.0 Å². The summed E-state index contributed by atoms with van der Waals surface area (Å²) in [4.78, 5) is 16.7. The average Bonchev–Trinajstić information content (AvgIpc) is 2.77. The first kappa shape index (κ1) is 21.7. The van der Waals surface area contributed by atoms with Crippen molar-refractivity contribution in [1.29, 1.82) is 0 Å². The number of nitrogens with zero attached hydrogens (tertiary/aromatic N) is 2. The molecule has 7 heteroatoms. The summed E-state index contributed by atoms with van der Waals surface area (Å²) in [5.41, 5.74) is 2.11. The van der Waals surface area contributed by atoms with Crippen molar-refractivity contribution in [2.45, 2.75) is 38.5 Å². The highest BCUT2D eigenvalue weighted by molar-refractivity contribution is 5.78. The van der Waals surface area contributed by atoms with Crippen LogP contribution in [0, 0.1) is 18.6 Å².